The van der Waals surface area contributed by atoms with Crippen LogP contribution in [-0.2, 0) is 4.79 Å². The van der Waals surface area contributed by atoms with Crippen molar-refractivity contribution < 1.29 is 9.59 Å². The van der Waals surface area contributed by atoms with Gasteiger partial charge in [-0.15, -0.1) is 0 Å². The van der Waals surface area contributed by atoms with Crippen molar-refractivity contribution in [2.24, 2.45) is 5.92 Å². The molecule has 5 nitrogen and oxygen atoms in total. The van der Waals surface area contributed by atoms with Crippen LogP contribution < -0.4 is 10.6 Å². The van der Waals surface area contributed by atoms with Crippen LogP contribution >= 0.6 is 0 Å². The van der Waals surface area contributed by atoms with E-state index in [4.69, 9.17) is 0 Å². The normalized spacial score (nSPS) is 12.4. The van der Waals surface area contributed by atoms with Gasteiger partial charge in [-0.3, -0.25) is 9.59 Å². The van der Waals surface area contributed by atoms with Crippen LogP contribution in [0.3, 0.4) is 0 Å². The predicted octanol–water partition coefficient (Wildman–Crippen LogP) is 2.06. The van der Waals surface area contributed by atoms with E-state index in [1.807, 2.05) is 38.1 Å². The van der Waals surface area contributed by atoms with E-state index in [0.29, 0.717) is 18.0 Å². The third kappa shape index (κ3) is 3.62. The van der Waals surface area contributed by atoms with Crippen LogP contribution in [0.2, 0.25) is 0 Å². The number of carbonyl (C=O) groups is 2. The van der Waals surface area contributed by atoms with E-state index in [9.17, 15) is 9.59 Å². The van der Waals surface area contributed by atoms with Crippen LogP contribution in [0.25, 0.3) is 10.9 Å². The van der Waals surface area contributed by atoms with Crippen molar-refractivity contribution in [3.05, 3.63) is 36.0 Å². The van der Waals surface area contributed by atoms with E-state index in [2.05, 4.69) is 15.6 Å². The average molecular weight is 287 g/mol. The van der Waals surface area contributed by atoms with Gasteiger partial charge in [0.25, 0.3) is 5.91 Å². The zero-order valence-electron chi connectivity index (χ0n) is 12.6. The summed E-state index contributed by atoms with van der Waals surface area (Å²) in [6.07, 6.45) is 0.603. The number of nitrogens with one attached hydrogen (secondary N) is 3. The Morgan fingerprint density at radius 2 is 1.95 bits per heavy atom. The van der Waals surface area contributed by atoms with E-state index in [0.717, 1.165) is 10.9 Å². The number of amides is 2. The Hall–Kier alpha value is -2.30. The molecule has 1 atom stereocenters. The molecule has 0 aliphatic carbocycles. The number of para-hydroxylation sites is 1. The third-order valence-electron chi connectivity index (χ3n) is 3.35. The van der Waals surface area contributed by atoms with Gasteiger partial charge in [-0.25, -0.2) is 0 Å². The van der Waals surface area contributed by atoms with Crippen LogP contribution in [-0.4, -0.2) is 29.9 Å². The molecule has 3 N–H and O–H groups in total. The second kappa shape index (κ2) is 6.43. The summed E-state index contributed by atoms with van der Waals surface area (Å²) in [4.78, 5) is 27.2. The summed E-state index contributed by atoms with van der Waals surface area (Å²) in [5.41, 5.74) is 1.37. The third-order valence-corrected chi connectivity index (χ3v) is 3.35. The Balaban J connectivity index is 2.15. The molecule has 1 aromatic carbocycles. The minimum absolute atomic E-state index is 0.173. The molecular formula is C16H21N3O2. The molecule has 2 aromatic rings. The van der Waals surface area contributed by atoms with Crippen molar-refractivity contribution in [2.75, 3.05) is 7.05 Å². The molecule has 0 spiro atoms. The smallest absolute Gasteiger partial charge is 0.268 e. The SMILES string of the molecule is CNC(=O)C(CC(C)C)NC(=O)c1cc2ccccc2[nH]1. The Labute approximate surface area is 124 Å². The monoisotopic (exact) mass is 287 g/mol. The zero-order chi connectivity index (χ0) is 15.4. The van der Waals surface area contributed by atoms with Crippen molar-refractivity contribution >= 4 is 22.7 Å². The van der Waals surface area contributed by atoms with Crippen LogP contribution in [0.1, 0.15) is 30.8 Å². The highest BCUT2D eigenvalue weighted by Crippen LogP contribution is 2.15. The second-order valence-corrected chi connectivity index (χ2v) is 5.54. The lowest BCUT2D eigenvalue weighted by atomic mass is 10.0. The molecule has 2 rings (SSSR count). The van der Waals surface area contributed by atoms with E-state index in [1.54, 1.807) is 13.1 Å². The van der Waals surface area contributed by atoms with Gasteiger partial charge in [0.1, 0.15) is 11.7 Å². The van der Waals surface area contributed by atoms with Crippen molar-refractivity contribution in [1.82, 2.24) is 15.6 Å². The maximum absolute atomic E-state index is 12.3. The van der Waals surface area contributed by atoms with Crippen LogP contribution in [0.15, 0.2) is 30.3 Å². The maximum atomic E-state index is 12.3. The van der Waals surface area contributed by atoms with Gasteiger partial charge in [0.15, 0.2) is 0 Å². The fourth-order valence-corrected chi connectivity index (χ4v) is 2.31. The molecule has 1 aromatic heterocycles. The van der Waals surface area contributed by atoms with Gasteiger partial charge in [-0.05, 0) is 24.5 Å². The highest BCUT2D eigenvalue weighted by atomic mass is 16.2. The molecule has 0 aliphatic heterocycles. The molecule has 2 amide bonds. The van der Waals surface area contributed by atoms with E-state index in [1.165, 1.54) is 0 Å². The lowest BCUT2D eigenvalue weighted by molar-refractivity contribution is -0.122. The summed E-state index contributed by atoms with van der Waals surface area (Å²) in [6, 6.07) is 8.95. The van der Waals surface area contributed by atoms with Gasteiger partial charge in [0.05, 0.1) is 0 Å². The number of hydrogen-bond donors (Lipinski definition) is 3. The highest BCUT2D eigenvalue weighted by molar-refractivity contribution is 6.00. The van der Waals surface area contributed by atoms with E-state index in [-0.39, 0.29) is 11.8 Å². The molecule has 21 heavy (non-hydrogen) atoms. The van der Waals surface area contributed by atoms with Crippen LogP contribution in [0, 0.1) is 5.92 Å². The zero-order valence-corrected chi connectivity index (χ0v) is 12.6. The fraction of sp³-hybridized carbons (Fsp3) is 0.375. The summed E-state index contributed by atoms with van der Waals surface area (Å²) in [5.74, 6) is -0.121. The lowest BCUT2D eigenvalue weighted by Crippen LogP contribution is -2.46. The van der Waals surface area contributed by atoms with Crippen LogP contribution in [0.5, 0.6) is 0 Å². The molecule has 0 fully saturated rings. The first-order valence-corrected chi connectivity index (χ1v) is 7.11. The quantitative estimate of drug-likeness (QED) is 0.787. The minimum Gasteiger partial charge on any atom is -0.357 e. The molecule has 1 heterocycles. The second-order valence-electron chi connectivity index (χ2n) is 5.54. The number of aromatic nitrogens is 1. The first kappa shape index (κ1) is 15.1. The Morgan fingerprint density at radius 1 is 1.24 bits per heavy atom. The van der Waals surface area contributed by atoms with Gasteiger partial charge in [0.2, 0.25) is 5.91 Å². The molecule has 1 unspecified atom stereocenters. The number of H-pyrrole nitrogens is 1. The fourth-order valence-electron chi connectivity index (χ4n) is 2.31. The number of hydrogen-bond acceptors (Lipinski definition) is 2. The number of likely N-dealkylation sites (N-methyl/N-ethyl adjacent to an activating group) is 1. The number of aromatic amines is 1. The van der Waals surface area contributed by atoms with Crippen molar-refractivity contribution in [1.29, 1.82) is 0 Å². The average Bonchev–Trinajstić information content (AvgIpc) is 2.89. The molecule has 0 radical (unpaired) electrons. The summed E-state index contributed by atoms with van der Waals surface area (Å²) in [6.45, 7) is 4.04. The lowest BCUT2D eigenvalue weighted by Gasteiger charge is -2.18. The van der Waals surface area contributed by atoms with E-state index >= 15 is 0 Å². The first-order valence-electron chi connectivity index (χ1n) is 7.11. The molecule has 0 saturated carbocycles. The summed E-state index contributed by atoms with van der Waals surface area (Å²) in [7, 11) is 1.57. The van der Waals surface area contributed by atoms with Crippen molar-refractivity contribution in [2.45, 2.75) is 26.3 Å². The van der Waals surface area contributed by atoms with E-state index < -0.39 is 6.04 Å². The van der Waals surface area contributed by atoms with Gasteiger partial charge >= 0.3 is 0 Å². The first-order chi connectivity index (χ1) is 10.0. The van der Waals surface area contributed by atoms with Crippen LogP contribution in [0.4, 0.5) is 0 Å². The molecule has 0 aliphatic rings. The summed E-state index contributed by atoms with van der Waals surface area (Å²) >= 11 is 0. The van der Waals surface area contributed by atoms with Gasteiger partial charge in [-0.1, -0.05) is 32.0 Å². The number of carbonyl (C=O) groups excluding carboxylic acids is 2. The molecule has 112 valence electrons. The summed E-state index contributed by atoms with van der Waals surface area (Å²) in [5, 5.41) is 6.36. The Kier molecular flexibility index (Phi) is 4.62. The molecule has 0 saturated heterocycles. The maximum Gasteiger partial charge on any atom is 0.268 e. The molecule has 5 heteroatoms. The number of fused-ring (bicyclic) bond motifs is 1. The van der Waals surface area contributed by atoms with Gasteiger partial charge < -0.3 is 15.6 Å². The number of benzene rings is 1. The van der Waals surface area contributed by atoms with Crippen molar-refractivity contribution in [3.63, 3.8) is 0 Å². The van der Waals surface area contributed by atoms with Gasteiger partial charge in [-0.2, -0.15) is 0 Å². The molecular weight excluding hydrogens is 266 g/mol. The molecule has 0 bridgehead atoms. The van der Waals surface area contributed by atoms with Crippen molar-refractivity contribution in [3.8, 4) is 0 Å². The highest BCUT2D eigenvalue weighted by Gasteiger charge is 2.22. The Morgan fingerprint density at radius 3 is 2.57 bits per heavy atom. The van der Waals surface area contributed by atoms with Gasteiger partial charge in [0, 0.05) is 18.0 Å². The largest absolute Gasteiger partial charge is 0.357 e. The minimum atomic E-state index is -0.520. The topological polar surface area (TPSA) is 74.0 Å². The standard InChI is InChI=1S/C16H21N3O2/c1-10(2)8-13(15(20)17-3)19-16(21)14-9-11-6-4-5-7-12(11)18-14/h4-7,9-10,13,18H,8H2,1-3H3,(H,17,20)(H,19,21). The number of rotatable bonds is 5. The Bertz CT molecular complexity index is 613. The predicted molar refractivity (Wildman–Crippen MR) is 83.1 cm³/mol. The summed E-state index contributed by atoms with van der Waals surface area (Å²) < 4.78 is 0.